The standard InChI is InChI=1S/C48H60O6S3.C46H54O6S3.U.V/c1-7-32-20-36(40(21-32)29-53-45(50)27-38-26-44(42-12-10-18-55-42)57-46(38)43-13-11-19-56-43)16-15-34-23-37(41(25-34)28-52-31(4)49)17-14-33-22-35(8-2)39(24-33)30-54-47(51)48(5,6)9-3;1-6-31-18-35(39(19-31)27-51-44(48)25-37-24-43(41-10-8-16-53-41)55-45(37)42-11-9-17-54-42)14-13-33-21-36(40(23-33)26-50-30(5)47)15-12-32-20-34(7-2)38(22-32)28-52-46(49)29(3)4;;/h7-8,10-19,26,32-37,39-41H,1-2,9,20-25,27-30H2,3-6H3;6-17,24,31-36,38-40H,1-3,18-23,25-28H2,4-5H3;;/b16-15+,17-14+;14-13+,15-12+;;. The van der Waals surface area contributed by atoms with Crippen molar-refractivity contribution in [2.24, 2.45) is 112 Å². The number of rotatable bonds is 35. The fourth-order valence-electron chi connectivity index (χ4n) is 17.6. The molecular weight excluding hydrogens is 1800 g/mol. The van der Waals surface area contributed by atoms with Gasteiger partial charge in [0.25, 0.3) is 0 Å². The number of allylic oxidation sites excluding steroid dienone is 12. The predicted octanol–water partition coefficient (Wildman–Crippen LogP) is 23.6. The van der Waals surface area contributed by atoms with Crippen LogP contribution in [0.25, 0.3) is 39.0 Å². The number of hydrogen-bond acceptors (Lipinski definition) is 18. The van der Waals surface area contributed by atoms with Crippen molar-refractivity contribution in [2.75, 3.05) is 39.6 Å². The molecule has 0 bridgehead atoms. The van der Waals surface area contributed by atoms with Gasteiger partial charge in [-0.05, 0) is 280 Å². The maximum atomic E-state index is 13.4. The van der Waals surface area contributed by atoms with Crippen LogP contribution in [0, 0.1) is 143 Å². The Kier molecular flexibility index (Phi) is 36.3. The van der Waals surface area contributed by atoms with Crippen molar-refractivity contribution in [3.63, 3.8) is 0 Å². The van der Waals surface area contributed by atoms with E-state index in [1.807, 2.05) is 39.0 Å². The minimum absolute atomic E-state index is 0. The first-order chi connectivity index (χ1) is 54.0. The molecule has 0 aliphatic heterocycles. The van der Waals surface area contributed by atoms with Gasteiger partial charge in [-0.1, -0.05) is 111 Å². The quantitative estimate of drug-likeness (QED) is 0.0161. The molecule has 6 aliphatic rings. The molecule has 1 radical (unpaired) electrons. The third kappa shape index (κ3) is 25.9. The summed E-state index contributed by atoms with van der Waals surface area (Å²) >= 11 is 10.3. The second kappa shape index (κ2) is 44.9. The maximum absolute atomic E-state index is 13.4. The van der Waals surface area contributed by atoms with Crippen LogP contribution in [0.1, 0.15) is 136 Å². The maximum Gasteiger partial charge on any atom is 0.333 e. The zero-order chi connectivity index (χ0) is 79.4. The van der Waals surface area contributed by atoms with Crippen LogP contribution < -0.4 is 0 Å². The predicted molar refractivity (Wildman–Crippen MR) is 461 cm³/mol. The van der Waals surface area contributed by atoms with Gasteiger partial charge in [-0.25, -0.2) is 4.79 Å². The fourth-order valence-corrected chi connectivity index (χ4v) is 23.4. The molecule has 12 rings (SSSR count). The molecule has 6 saturated carbocycles. The molecule has 114 heavy (non-hydrogen) atoms. The van der Waals surface area contributed by atoms with E-state index < -0.39 is 5.41 Å². The Bertz CT molecular complexity index is 4270. The Balaban J connectivity index is 0.000000257. The second-order valence-corrected chi connectivity index (χ2v) is 38.7. The first-order valence-electron chi connectivity index (χ1n) is 40.3. The van der Waals surface area contributed by atoms with Gasteiger partial charge in [-0.15, -0.1) is 94.3 Å². The molecule has 12 nitrogen and oxygen atoms in total. The van der Waals surface area contributed by atoms with Crippen molar-refractivity contribution in [1.29, 1.82) is 0 Å². The van der Waals surface area contributed by atoms with Crippen molar-refractivity contribution in [2.45, 2.75) is 138 Å². The van der Waals surface area contributed by atoms with E-state index in [1.54, 1.807) is 74.9 Å². The Labute approximate surface area is 736 Å². The number of carbonyl (C=O) groups excluding carboxylic acids is 6. The number of carbonyl (C=O) groups is 6. The Morgan fingerprint density at radius 2 is 0.711 bits per heavy atom. The average molecular weight is 1920 g/mol. The summed E-state index contributed by atoms with van der Waals surface area (Å²) in [5.41, 5.74) is 2.00. The van der Waals surface area contributed by atoms with Gasteiger partial charge in [0.1, 0.15) is 0 Å². The SMILES string of the molecule is C=CC1CC(/C=C/C2CC(/C=C/C3CC(C=C)C(COC(=O)C(=C)C)C3)C(COC(C)=O)C2)C(COC(=O)Cc2cc(-c3cccs3)sc2-c2cccs2)C1.C=CC1CC(/C=C/C2CC(/C=C/C3CC(C=C)C(COC(=O)C(C)(C)CC)C3)C(COC(C)=O)C2)C(COC(=O)Cc2cc(-c3cccs3)sc2-c2cccs2)C1.[U].[V]. The molecule has 6 aliphatic carbocycles. The van der Waals surface area contributed by atoms with E-state index in [1.165, 1.54) is 43.1 Å². The van der Waals surface area contributed by atoms with E-state index in [2.05, 4.69) is 170 Å². The van der Waals surface area contributed by atoms with E-state index in [4.69, 9.17) is 28.4 Å². The number of ether oxygens (including phenoxy) is 6. The summed E-state index contributed by atoms with van der Waals surface area (Å²) < 4.78 is 34.5. The number of hydrogen-bond donors (Lipinski definition) is 0. The molecule has 6 heterocycles. The van der Waals surface area contributed by atoms with Crippen LogP contribution >= 0.6 is 68.0 Å². The van der Waals surface area contributed by atoms with Crippen LogP contribution in [-0.2, 0) is 88.6 Å². The van der Waals surface area contributed by atoms with Crippen LogP contribution in [0.2, 0.25) is 0 Å². The molecule has 6 fully saturated rings. The van der Waals surface area contributed by atoms with Gasteiger partial charge in [-0.2, -0.15) is 0 Å². The van der Waals surface area contributed by atoms with Crippen molar-refractivity contribution < 1.29 is 107 Å². The summed E-state index contributed by atoms with van der Waals surface area (Å²) in [6.45, 7) is 33.0. The van der Waals surface area contributed by atoms with Gasteiger partial charge < -0.3 is 28.4 Å². The Morgan fingerprint density at radius 1 is 0.404 bits per heavy atom. The van der Waals surface area contributed by atoms with Gasteiger partial charge >= 0.3 is 35.8 Å². The van der Waals surface area contributed by atoms with E-state index in [0.29, 0.717) is 116 Å². The molecule has 607 valence electrons. The molecule has 18 unspecified atom stereocenters. The van der Waals surface area contributed by atoms with Crippen molar-refractivity contribution >= 4 is 104 Å². The van der Waals surface area contributed by atoms with E-state index in [-0.39, 0.29) is 134 Å². The van der Waals surface area contributed by atoms with Crippen molar-refractivity contribution in [1.82, 2.24) is 0 Å². The number of esters is 6. The first kappa shape index (κ1) is 92.2. The summed E-state index contributed by atoms with van der Waals surface area (Å²) in [6, 6.07) is 21.1. The normalized spacial score (nSPS) is 27.2. The molecule has 0 aromatic carbocycles. The van der Waals surface area contributed by atoms with Crippen LogP contribution in [0.5, 0.6) is 0 Å². The monoisotopic (exact) mass is 1920 g/mol. The molecule has 0 amide bonds. The molecule has 20 heteroatoms. The summed E-state index contributed by atoms with van der Waals surface area (Å²) in [5, 5.41) is 8.33. The average Bonchev–Trinajstić information content (AvgIpc) is 1.66. The zero-order valence-corrected chi connectivity index (χ0v) is 77.5. The smallest absolute Gasteiger partial charge is 0.333 e. The molecule has 18 atom stereocenters. The van der Waals surface area contributed by atoms with E-state index in [0.717, 1.165) is 104 Å². The van der Waals surface area contributed by atoms with Crippen LogP contribution in [0.4, 0.5) is 0 Å². The summed E-state index contributed by atoms with van der Waals surface area (Å²) in [7, 11) is 0. The van der Waals surface area contributed by atoms with Crippen LogP contribution in [0.3, 0.4) is 0 Å². The summed E-state index contributed by atoms with van der Waals surface area (Å²) in [5.74, 6) is 4.29. The first-order valence-corrected chi connectivity index (χ1v) is 45.4. The largest absolute Gasteiger partial charge is 0.466 e. The Hall–Kier alpha value is -5.68. The minimum Gasteiger partial charge on any atom is -0.466 e. The fraction of sp³-hybridized carbons (Fsp3) is 0.489. The van der Waals surface area contributed by atoms with Gasteiger partial charge in [-0.3, -0.25) is 24.0 Å². The molecule has 6 aromatic heterocycles. The Morgan fingerprint density at radius 3 is 1.03 bits per heavy atom. The van der Waals surface area contributed by atoms with Crippen LogP contribution in [0.15, 0.2) is 194 Å². The third-order valence-corrected chi connectivity index (χ3v) is 31.0. The van der Waals surface area contributed by atoms with E-state index >= 15 is 0 Å². The second-order valence-electron chi connectivity index (χ2n) is 32.8. The summed E-state index contributed by atoms with van der Waals surface area (Å²) in [6.07, 6.45) is 40.0. The van der Waals surface area contributed by atoms with Gasteiger partial charge in [0.2, 0.25) is 0 Å². The van der Waals surface area contributed by atoms with Crippen molar-refractivity contribution in [3.05, 3.63) is 205 Å². The third-order valence-electron chi connectivity index (χ3n) is 24.4. The molecule has 6 aromatic rings. The van der Waals surface area contributed by atoms with Crippen molar-refractivity contribution in [3.8, 4) is 39.0 Å². The zero-order valence-electron chi connectivity index (χ0n) is 67.1. The van der Waals surface area contributed by atoms with E-state index in [9.17, 15) is 28.8 Å². The van der Waals surface area contributed by atoms with Gasteiger partial charge in [0.15, 0.2) is 0 Å². The van der Waals surface area contributed by atoms with Crippen LogP contribution in [-0.4, -0.2) is 75.5 Å². The molecule has 0 spiro atoms. The van der Waals surface area contributed by atoms with Gasteiger partial charge in [0.05, 0.1) is 57.9 Å². The minimum atomic E-state index is -0.473. The molecular formula is C94H114O12S6UV. The molecule has 0 N–H and O–H groups in total. The van der Waals surface area contributed by atoms with Gasteiger partial charge in [0, 0.05) is 108 Å². The number of thiophene rings is 6. The summed E-state index contributed by atoms with van der Waals surface area (Å²) in [4.78, 5) is 84.5. The molecule has 0 saturated heterocycles. The topological polar surface area (TPSA) is 158 Å².